The molecule has 3 aromatic rings. The molecule has 2 aromatic carbocycles. The van der Waals surface area contributed by atoms with E-state index in [1.165, 1.54) is 23.8 Å². The van der Waals surface area contributed by atoms with Crippen LogP contribution in [-0.2, 0) is 16.3 Å². The van der Waals surface area contributed by atoms with E-state index in [-0.39, 0.29) is 0 Å². The molecule has 2 aliphatic rings. The van der Waals surface area contributed by atoms with Gasteiger partial charge in [0, 0.05) is 36.8 Å². The van der Waals surface area contributed by atoms with Crippen molar-refractivity contribution in [1.29, 1.82) is 0 Å². The lowest BCUT2D eigenvalue weighted by Crippen LogP contribution is -2.33. The summed E-state index contributed by atoms with van der Waals surface area (Å²) in [5.74, 6) is 0.701. The zero-order valence-electron chi connectivity index (χ0n) is 18.7. The number of nitrogens with one attached hydrogen (secondary N) is 1. The molecule has 1 fully saturated rings. The molecule has 1 aromatic heterocycles. The first-order valence-corrected chi connectivity index (χ1v) is 13.3. The van der Waals surface area contributed by atoms with Crippen LogP contribution in [0, 0.1) is 6.92 Å². The van der Waals surface area contributed by atoms with E-state index in [9.17, 15) is 8.42 Å². The smallest absolute Gasteiger partial charge is 0.226 e. The van der Waals surface area contributed by atoms with Crippen LogP contribution in [0.15, 0.2) is 47.4 Å². The van der Waals surface area contributed by atoms with Gasteiger partial charge in [0.15, 0.2) is 9.84 Å². The first kappa shape index (κ1) is 21.3. The number of nitrogens with zero attached hydrogens (tertiary/aromatic N) is 3. The summed E-state index contributed by atoms with van der Waals surface area (Å²) in [6.07, 6.45) is 6.83. The molecule has 0 saturated carbocycles. The number of anilines is 1. The van der Waals surface area contributed by atoms with Crippen LogP contribution in [-0.4, -0.2) is 43.8 Å². The van der Waals surface area contributed by atoms with Crippen molar-refractivity contribution in [3.05, 3.63) is 59.3 Å². The van der Waals surface area contributed by atoms with Crippen molar-refractivity contribution < 1.29 is 8.42 Å². The van der Waals surface area contributed by atoms with Crippen molar-refractivity contribution in [2.45, 2.75) is 56.0 Å². The van der Waals surface area contributed by atoms with Gasteiger partial charge in [0.05, 0.1) is 16.1 Å². The van der Waals surface area contributed by atoms with Crippen LogP contribution in [0.1, 0.15) is 48.5 Å². The highest BCUT2D eigenvalue weighted by Crippen LogP contribution is 2.32. The van der Waals surface area contributed by atoms with Gasteiger partial charge in [0.2, 0.25) is 5.95 Å². The Kier molecular flexibility index (Phi) is 5.63. The molecule has 2 atom stereocenters. The third-order valence-corrected chi connectivity index (χ3v) is 7.97. The van der Waals surface area contributed by atoms with Crippen LogP contribution >= 0.6 is 0 Å². The molecule has 0 amide bonds. The monoisotopic (exact) mass is 450 g/mol. The zero-order chi connectivity index (χ0) is 22.3. The predicted octanol–water partition coefficient (Wildman–Crippen LogP) is 3.98. The molecule has 2 heterocycles. The van der Waals surface area contributed by atoms with Crippen LogP contribution in [0.2, 0.25) is 0 Å². The average Bonchev–Trinajstić information content (AvgIpc) is 3.02. The Labute approximate surface area is 190 Å². The first-order valence-electron chi connectivity index (χ1n) is 11.5. The minimum atomic E-state index is -3.27. The summed E-state index contributed by atoms with van der Waals surface area (Å²) in [4.78, 5) is 12.1. The second kappa shape index (κ2) is 8.45. The topological polar surface area (TPSA) is 75.2 Å². The Morgan fingerprint density at radius 2 is 1.88 bits per heavy atom. The minimum Gasteiger partial charge on any atom is -0.341 e. The Morgan fingerprint density at radius 1 is 1.03 bits per heavy atom. The number of hydrogen-bond acceptors (Lipinski definition) is 6. The number of aryl methyl sites for hydroxylation is 2. The molecular formula is C25H30N4O2S. The van der Waals surface area contributed by atoms with Gasteiger partial charge in [-0.2, -0.15) is 0 Å². The molecule has 0 unspecified atom stereocenters. The highest BCUT2D eigenvalue weighted by atomic mass is 32.2. The van der Waals surface area contributed by atoms with Gasteiger partial charge in [-0.05, 0) is 68.4 Å². The molecule has 1 aliphatic carbocycles. The van der Waals surface area contributed by atoms with Gasteiger partial charge in [0.1, 0.15) is 0 Å². The molecule has 1 N–H and O–H groups in total. The van der Waals surface area contributed by atoms with Gasteiger partial charge in [0.25, 0.3) is 0 Å². The van der Waals surface area contributed by atoms with E-state index in [1.54, 1.807) is 12.1 Å². The summed E-state index contributed by atoms with van der Waals surface area (Å²) >= 11 is 0. The fourth-order valence-electron chi connectivity index (χ4n) is 5.10. The average molecular weight is 451 g/mol. The van der Waals surface area contributed by atoms with E-state index >= 15 is 0 Å². The molecule has 7 heteroatoms. The van der Waals surface area contributed by atoms with Crippen LogP contribution in [0.25, 0.3) is 10.9 Å². The molecule has 0 bridgehead atoms. The van der Waals surface area contributed by atoms with E-state index in [1.807, 2.05) is 13.0 Å². The standard InChI is InChI=1S/C25H30N4O2S/c1-17-21-11-10-20(32(2,30)31)16-24(21)28-25(26-17)29-14-5-7-19(13-15-29)27-23-12-9-18-6-3-4-8-22(18)23/h3-4,6,8,10-11,16,19,23,27H,5,7,9,12-15H2,1-2H3/t19-,23+/m1/s1. The third kappa shape index (κ3) is 4.24. The normalized spacial score (nSPS) is 21.5. The van der Waals surface area contributed by atoms with Crippen molar-refractivity contribution in [2.24, 2.45) is 0 Å². The van der Waals surface area contributed by atoms with Gasteiger partial charge in [-0.15, -0.1) is 0 Å². The summed E-state index contributed by atoms with van der Waals surface area (Å²) in [6, 6.07) is 14.8. The lowest BCUT2D eigenvalue weighted by molar-refractivity contribution is 0.404. The highest BCUT2D eigenvalue weighted by Gasteiger charge is 2.26. The second-order valence-electron chi connectivity index (χ2n) is 9.13. The summed E-state index contributed by atoms with van der Waals surface area (Å²) in [6.45, 7) is 3.77. The third-order valence-electron chi connectivity index (χ3n) is 6.86. The van der Waals surface area contributed by atoms with E-state index in [2.05, 4.69) is 34.5 Å². The number of fused-ring (bicyclic) bond motifs is 2. The molecular weight excluding hydrogens is 420 g/mol. The number of sulfone groups is 1. The van der Waals surface area contributed by atoms with Gasteiger partial charge in [-0.3, -0.25) is 0 Å². The maximum atomic E-state index is 12.0. The lowest BCUT2D eigenvalue weighted by atomic mass is 10.0. The van der Waals surface area contributed by atoms with Gasteiger partial charge in [-0.25, -0.2) is 18.4 Å². The van der Waals surface area contributed by atoms with Crippen molar-refractivity contribution in [3.8, 4) is 0 Å². The lowest BCUT2D eigenvalue weighted by Gasteiger charge is -2.23. The van der Waals surface area contributed by atoms with Crippen molar-refractivity contribution in [2.75, 3.05) is 24.2 Å². The number of benzene rings is 2. The van der Waals surface area contributed by atoms with Crippen LogP contribution in [0.5, 0.6) is 0 Å². The maximum Gasteiger partial charge on any atom is 0.226 e. The van der Waals surface area contributed by atoms with Gasteiger partial charge in [-0.1, -0.05) is 24.3 Å². The summed E-state index contributed by atoms with van der Waals surface area (Å²) in [5, 5.41) is 4.82. The first-order chi connectivity index (χ1) is 15.4. The SMILES string of the molecule is Cc1nc(N2CCC[C@@H](N[C@H]3CCc4ccccc43)CC2)nc2cc(S(C)(=O)=O)ccc12. The Bertz CT molecular complexity index is 1260. The van der Waals surface area contributed by atoms with E-state index in [0.717, 1.165) is 49.9 Å². The van der Waals surface area contributed by atoms with Crippen LogP contribution in [0.3, 0.4) is 0 Å². The largest absolute Gasteiger partial charge is 0.341 e. The fourth-order valence-corrected chi connectivity index (χ4v) is 5.74. The van der Waals surface area contributed by atoms with Crippen molar-refractivity contribution in [1.82, 2.24) is 15.3 Å². The van der Waals surface area contributed by atoms with Crippen molar-refractivity contribution >= 4 is 26.7 Å². The minimum absolute atomic E-state index is 0.297. The van der Waals surface area contributed by atoms with Gasteiger partial charge >= 0.3 is 0 Å². The van der Waals surface area contributed by atoms with E-state index < -0.39 is 9.84 Å². The Hall–Kier alpha value is -2.51. The summed E-state index contributed by atoms with van der Waals surface area (Å²) < 4.78 is 24.0. The van der Waals surface area contributed by atoms with E-state index in [4.69, 9.17) is 9.97 Å². The molecule has 32 heavy (non-hydrogen) atoms. The summed E-state index contributed by atoms with van der Waals surface area (Å²) in [5.41, 5.74) is 4.51. The molecule has 0 radical (unpaired) electrons. The maximum absolute atomic E-state index is 12.0. The second-order valence-corrected chi connectivity index (χ2v) is 11.1. The number of aromatic nitrogens is 2. The predicted molar refractivity (Wildman–Crippen MR) is 128 cm³/mol. The number of rotatable bonds is 4. The van der Waals surface area contributed by atoms with Crippen molar-refractivity contribution in [3.63, 3.8) is 0 Å². The van der Waals surface area contributed by atoms with E-state index in [0.29, 0.717) is 28.4 Å². The van der Waals surface area contributed by atoms with Gasteiger partial charge < -0.3 is 10.2 Å². The molecule has 5 rings (SSSR count). The Morgan fingerprint density at radius 3 is 2.72 bits per heavy atom. The fraction of sp³-hybridized carbons (Fsp3) is 0.440. The molecule has 6 nitrogen and oxygen atoms in total. The van der Waals surface area contributed by atoms with Crippen LogP contribution < -0.4 is 10.2 Å². The number of hydrogen-bond donors (Lipinski definition) is 1. The summed E-state index contributed by atoms with van der Waals surface area (Å²) in [7, 11) is -3.27. The molecule has 0 spiro atoms. The molecule has 1 saturated heterocycles. The zero-order valence-corrected chi connectivity index (χ0v) is 19.5. The highest BCUT2D eigenvalue weighted by molar-refractivity contribution is 7.90. The molecule has 168 valence electrons. The van der Waals surface area contributed by atoms with Crippen LogP contribution in [0.4, 0.5) is 5.95 Å². The molecule has 1 aliphatic heterocycles. The Balaban J connectivity index is 1.33. The quantitative estimate of drug-likeness (QED) is 0.648.